The average molecular weight is 123 g/mol. The van der Waals surface area contributed by atoms with Crippen LogP contribution in [0.15, 0.2) is 22.8 Å². The van der Waals surface area contributed by atoms with Gasteiger partial charge in [-0.2, -0.15) is 0 Å². The molecule has 9 heavy (non-hydrogen) atoms. The third-order valence-corrected chi connectivity index (χ3v) is 1.05. The molecule has 0 saturated heterocycles. The van der Waals surface area contributed by atoms with E-state index in [0.29, 0.717) is 12.8 Å². The van der Waals surface area contributed by atoms with Crippen molar-refractivity contribution in [2.45, 2.75) is 12.8 Å². The molecule has 0 spiro atoms. The summed E-state index contributed by atoms with van der Waals surface area (Å²) >= 11 is 0. The maximum atomic E-state index is 9.73. The number of aryl methyl sites for hydroxylation is 1. The summed E-state index contributed by atoms with van der Waals surface area (Å²) in [7, 11) is 0. The summed E-state index contributed by atoms with van der Waals surface area (Å²) in [6.07, 6.45) is 4.48. The molecule has 0 amide bonds. The van der Waals surface area contributed by atoms with Crippen LogP contribution in [-0.4, -0.2) is 6.29 Å². The predicted octanol–water partition coefficient (Wildman–Crippen LogP) is 1.32. The molecule has 0 atom stereocenters. The number of hydrogen-bond acceptors (Lipinski definition) is 2. The number of carbonyl (C=O) groups excluding carboxylic acids is 1. The van der Waals surface area contributed by atoms with E-state index in [0.717, 1.165) is 5.76 Å². The van der Waals surface area contributed by atoms with Gasteiger partial charge >= 0.3 is 0 Å². The fraction of sp³-hybridized carbons (Fsp3) is 0.286. The third kappa shape index (κ3) is 1.72. The molecule has 0 N–H and O–H groups in total. The molecule has 0 aliphatic heterocycles. The fourth-order valence-electron chi connectivity index (χ4n) is 0.629. The van der Waals surface area contributed by atoms with Crippen molar-refractivity contribution in [3.8, 4) is 0 Å². The van der Waals surface area contributed by atoms with Crippen molar-refractivity contribution in [1.29, 1.82) is 0 Å². The Morgan fingerprint density at radius 2 is 2.56 bits per heavy atom. The van der Waals surface area contributed by atoms with Gasteiger partial charge in [-0.15, -0.1) is 0 Å². The van der Waals surface area contributed by atoms with Gasteiger partial charge in [0.2, 0.25) is 0 Å². The first-order valence-electron chi connectivity index (χ1n) is 2.81. The maximum Gasteiger partial charge on any atom is 0.198 e. The number of furan rings is 1. The Morgan fingerprint density at radius 3 is 3.11 bits per heavy atom. The normalized spacial score (nSPS) is 9.33. The van der Waals surface area contributed by atoms with E-state index in [1.54, 1.807) is 18.6 Å². The monoisotopic (exact) mass is 123 g/mol. The second-order valence-corrected chi connectivity index (χ2v) is 1.72. The van der Waals surface area contributed by atoms with Gasteiger partial charge in [0.15, 0.2) is 6.29 Å². The summed E-state index contributed by atoms with van der Waals surface area (Å²) in [4.78, 5) is 9.73. The zero-order chi connectivity index (χ0) is 6.53. The topological polar surface area (TPSA) is 30.2 Å². The summed E-state index contributed by atoms with van der Waals surface area (Å²) < 4.78 is 4.96. The van der Waals surface area contributed by atoms with Crippen molar-refractivity contribution in [2.24, 2.45) is 0 Å². The third-order valence-electron chi connectivity index (χ3n) is 1.05. The van der Waals surface area contributed by atoms with Crippen molar-refractivity contribution >= 4 is 6.29 Å². The second-order valence-electron chi connectivity index (χ2n) is 1.72. The van der Waals surface area contributed by atoms with Crippen LogP contribution in [-0.2, 0) is 11.2 Å². The molecule has 1 rings (SSSR count). The SMILES string of the molecule is O=[C]CCc1ccco1. The molecular weight excluding hydrogens is 116 g/mol. The Morgan fingerprint density at radius 1 is 1.67 bits per heavy atom. The first kappa shape index (κ1) is 6.08. The smallest absolute Gasteiger partial charge is 0.198 e. The number of rotatable bonds is 3. The molecule has 47 valence electrons. The Labute approximate surface area is 53.5 Å². The second kappa shape index (κ2) is 3.07. The minimum atomic E-state index is 0.424. The first-order chi connectivity index (χ1) is 4.43. The van der Waals surface area contributed by atoms with Gasteiger partial charge in [0.25, 0.3) is 0 Å². The average Bonchev–Trinajstić information content (AvgIpc) is 2.34. The van der Waals surface area contributed by atoms with E-state index in [1.165, 1.54) is 0 Å². The fourth-order valence-corrected chi connectivity index (χ4v) is 0.629. The molecule has 1 radical (unpaired) electrons. The van der Waals surface area contributed by atoms with Crippen molar-refractivity contribution in [3.05, 3.63) is 24.2 Å². The molecule has 0 aliphatic rings. The van der Waals surface area contributed by atoms with Gasteiger partial charge in [-0.05, 0) is 12.1 Å². The van der Waals surface area contributed by atoms with E-state index in [9.17, 15) is 4.79 Å². The van der Waals surface area contributed by atoms with E-state index in [1.807, 2.05) is 6.07 Å². The van der Waals surface area contributed by atoms with Gasteiger partial charge in [0, 0.05) is 12.8 Å². The molecule has 2 heteroatoms. The summed E-state index contributed by atoms with van der Waals surface area (Å²) in [6, 6.07) is 3.65. The summed E-state index contributed by atoms with van der Waals surface area (Å²) in [6.45, 7) is 0. The molecule has 0 saturated carbocycles. The highest BCUT2D eigenvalue weighted by molar-refractivity contribution is 5.50. The van der Waals surface area contributed by atoms with E-state index in [2.05, 4.69) is 0 Å². The van der Waals surface area contributed by atoms with Crippen molar-refractivity contribution in [2.75, 3.05) is 0 Å². The molecule has 2 nitrogen and oxygen atoms in total. The molecule has 0 unspecified atom stereocenters. The van der Waals surface area contributed by atoms with Crippen LogP contribution in [0.2, 0.25) is 0 Å². The van der Waals surface area contributed by atoms with Gasteiger partial charge in [0.05, 0.1) is 6.26 Å². The van der Waals surface area contributed by atoms with Crippen molar-refractivity contribution in [3.63, 3.8) is 0 Å². The lowest BCUT2D eigenvalue weighted by molar-refractivity contribution is 0.504. The lowest BCUT2D eigenvalue weighted by atomic mass is 10.3. The van der Waals surface area contributed by atoms with Gasteiger partial charge < -0.3 is 4.42 Å². The lowest BCUT2D eigenvalue weighted by Crippen LogP contribution is -1.80. The molecule has 0 aliphatic carbocycles. The van der Waals surface area contributed by atoms with Crippen LogP contribution in [0, 0.1) is 0 Å². The molecule has 0 fully saturated rings. The Hall–Kier alpha value is -1.05. The van der Waals surface area contributed by atoms with E-state index >= 15 is 0 Å². The standard InChI is InChI=1S/C7H7O2/c8-5-1-3-7-4-2-6-9-7/h2,4,6H,1,3H2. The van der Waals surface area contributed by atoms with Crippen LogP contribution in [0.4, 0.5) is 0 Å². The van der Waals surface area contributed by atoms with Crippen LogP contribution in [0.1, 0.15) is 12.2 Å². The number of hydrogen-bond donors (Lipinski definition) is 0. The minimum Gasteiger partial charge on any atom is -0.469 e. The highest BCUT2D eigenvalue weighted by atomic mass is 16.3. The quantitative estimate of drug-likeness (QED) is 0.606. The highest BCUT2D eigenvalue weighted by Gasteiger charge is 1.92. The minimum absolute atomic E-state index is 0.424. The highest BCUT2D eigenvalue weighted by Crippen LogP contribution is 2.01. The van der Waals surface area contributed by atoms with Crippen LogP contribution in [0.25, 0.3) is 0 Å². The zero-order valence-corrected chi connectivity index (χ0v) is 4.96. The maximum absolute atomic E-state index is 9.73. The predicted molar refractivity (Wildman–Crippen MR) is 32.7 cm³/mol. The van der Waals surface area contributed by atoms with Crippen LogP contribution >= 0.6 is 0 Å². The lowest BCUT2D eigenvalue weighted by Gasteiger charge is -1.84. The van der Waals surface area contributed by atoms with Crippen molar-refractivity contribution < 1.29 is 9.21 Å². The molecule has 1 heterocycles. The molecule has 0 bridgehead atoms. The molecular formula is C7H7O2. The Kier molecular flexibility index (Phi) is 2.07. The first-order valence-corrected chi connectivity index (χ1v) is 2.81. The Balaban J connectivity index is 2.38. The largest absolute Gasteiger partial charge is 0.469 e. The van der Waals surface area contributed by atoms with Gasteiger partial charge in [0.1, 0.15) is 5.76 Å². The van der Waals surface area contributed by atoms with Crippen LogP contribution in [0.3, 0.4) is 0 Å². The van der Waals surface area contributed by atoms with Gasteiger partial charge in [-0.3, -0.25) is 4.79 Å². The molecule has 1 aromatic heterocycles. The van der Waals surface area contributed by atoms with E-state index in [4.69, 9.17) is 4.42 Å². The summed E-state index contributed by atoms with van der Waals surface area (Å²) in [5, 5.41) is 0. The van der Waals surface area contributed by atoms with Crippen LogP contribution in [0.5, 0.6) is 0 Å². The van der Waals surface area contributed by atoms with E-state index in [-0.39, 0.29) is 0 Å². The Bertz CT molecular complexity index is 165. The molecule has 1 aromatic rings. The molecule has 0 aromatic carbocycles. The zero-order valence-electron chi connectivity index (χ0n) is 4.96. The van der Waals surface area contributed by atoms with Gasteiger partial charge in [-0.25, -0.2) is 0 Å². The van der Waals surface area contributed by atoms with Crippen molar-refractivity contribution in [1.82, 2.24) is 0 Å². The summed E-state index contributed by atoms with van der Waals surface area (Å²) in [5.41, 5.74) is 0. The van der Waals surface area contributed by atoms with Crippen LogP contribution < -0.4 is 0 Å². The summed E-state index contributed by atoms with van der Waals surface area (Å²) in [5.74, 6) is 0.846. The van der Waals surface area contributed by atoms with E-state index < -0.39 is 0 Å². The van der Waals surface area contributed by atoms with Gasteiger partial charge in [-0.1, -0.05) is 0 Å².